The van der Waals surface area contributed by atoms with Crippen molar-refractivity contribution in [1.82, 2.24) is 10.3 Å². The van der Waals surface area contributed by atoms with E-state index in [0.29, 0.717) is 25.9 Å². The zero-order valence-electron chi connectivity index (χ0n) is 17.2. The smallest absolute Gasteiger partial charge is 0.224 e. The van der Waals surface area contributed by atoms with Gasteiger partial charge in [0.15, 0.2) is 0 Å². The van der Waals surface area contributed by atoms with Crippen LogP contribution in [0.25, 0.3) is 0 Å². The largest absolute Gasteiger partial charge is 0.494 e. The highest BCUT2D eigenvalue weighted by Crippen LogP contribution is 2.27. The molecule has 158 valence electrons. The molecule has 1 aromatic heterocycles. The number of amides is 2. The van der Waals surface area contributed by atoms with Gasteiger partial charge in [-0.25, -0.2) is 0 Å². The highest BCUT2D eigenvalue weighted by Gasteiger charge is 2.17. The van der Waals surface area contributed by atoms with E-state index in [2.05, 4.69) is 15.6 Å². The second-order valence-electron chi connectivity index (χ2n) is 7.51. The molecule has 1 aliphatic rings. The zero-order valence-corrected chi connectivity index (χ0v) is 17.2. The average Bonchev–Trinajstić information content (AvgIpc) is 2.81. The number of nitrogens with zero attached hydrogens (tertiary/aromatic N) is 1. The van der Waals surface area contributed by atoms with Crippen molar-refractivity contribution in [2.24, 2.45) is 0 Å². The Kier molecular flexibility index (Phi) is 6.57. The van der Waals surface area contributed by atoms with Gasteiger partial charge in [-0.05, 0) is 59.9 Å². The molecule has 2 heterocycles. The number of pyridine rings is 1. The molecule has 3 aromatic rings. The quantitative estimate of drug-likeness (QED) is 0.545. The Morgan fingerprint density at radius 3 is 2.61 bits per heavy atom. The van der Waals surface area contributed by atoms with Crippen LogP contribution in [-0.4, -0.2) is 23.4 Å². The van der Waals surface area contributed by atoms with E-state index in [4.69, 9.17) is 4.74 Å². The normalized spacial score (nSPS) is 13.6. The Hall–Kier alpha value is -3.67. The van der Waals surface area contributed by atoms with Crippen molar-refractivity contribution in [3.8, 4) is 5.75 Å². The first-order valence-corrected chi connectivity index (χ1v) is 10.5. The first-order valence-electron chi connectivity index (χ1n) is 10.5. The fraction of sp³-hybridized carbons (Fsp3) is 0.240. The van der Waals surface area contributed by atoms with E-state index in [9.17, 15) is 9.59 Å². The van der Waals surface area contributed by atoms with Crippen molar-refractivity contribution in [3.05, 3.63) is 89.7 Å². The predicted molar refractivity (Wildman–Crippen MR) is 119 cm³/mol. The second-order valence-corrected chi connectivity index (χ2v) is 7.51. The van der Waals surface area contributed by atoms with Gasteiger partial charge in [0.05, 0.1) is 12.6 Å². The first kappa shape index (κ1) is 20.6. The molecule has 0 saturated heterocycles. The van der Waals surface area contributed by atoms with Crippen LogP contribution in [0.15, 0.2) is 73.1 Å². The molecule has 6 nitrogen and oxygen atoms in total. The van der Waals surface area contributed by atoms with Crippen molar-refractivity contribution in [2.75, 3.05) is 11.9 Å². The van der Waals surface area contributed by atoms with Crippen LogP contribution in [0.1, 0.15) is 42.0 Å². The number of nitrogens with one attached hydrogen (secondary N) is 2. The summed E-state index contributed by atoms with van der Waals surface area (Å²) in [5.74, 6) is 0.782. The molecule has 2 amide bonds. The predicted octanol–water partition coefficient (Wildman–Crippen LogP) is 4.03. The average molecular weight is 415 g/mol. The van der Waals surface area contributed by atoms with Crippen molar-refractivity contribution in [1.29, 1.82) is 0 Å². The lowest BCUT2D eigenvalue weighted by Crippen LogP contribution is -2.29. The summed E-state index contributed by atoms with van der Waals surface area (Å²) in [6.45, 7) is 0.448. The third-order valence-corrected chi connectivity index (χ3v) is 5.27. The Balaban J connectivity index is 1.30. The van der Waals surface area contributed by atoms with Gasteiger partial charge < -0.3 is 15.4 Å². The molecule has 6 heteroatoms. The highest BCUT2D eigenvalue weighted by molar-refractivity contribution is 5.94. The maximum Gasteiger partial charge on any atom is 0.224 e. The third-order valence-electron chi connectivity index (χ3n) is 5.27. The van der Waals surface area contributed by atoms with Crippen LogP contribution in [0, 0.1) is 0 Å². The topological polar surface area (TPSA) is 80.3 Å². The maximum atomic E-state index is 12.6. The minimum Gasteiger partial charge on any atom is -0.494 e. The van der Waals surface area contributed by atoms with Gasteiger partial charge in [0.1, 0.15) is 5.75 Å². The van der Waals surface area contributed by atoms with Crippen LogP contribution in [0.4, 0.5) is 5.69 Å². The van der Waals surface area contributed by atoms with Gasteiger partial charge in [-0.3, -0.25) is 14.6 Å². The van der Waals surface area contributed by atoms with E-state index >= 15 is 0 Å². The van der Waals surface area contributed by atoms with E-state index in [-0.39, 0.29) is 17.9 Å². The number of ether oxygens (including phenoxy) is 1. The standard InChI is InChI=1S/C25H25N3O3/c29-23(28-25(18-5-2-1-3-6-18)19-12-14-26-15-13-19)7-4-16-31-21-9-10-22-20(17-21)8-11-24(30)27-22/h1-3,5-6,9-10,12-15,17,25H,4,7-8,11,16H2,(H,27,30)(H,28,29). The molecule has 4 rings (SSSR count). The van der Waals surface area contributed by atoms with Gasteiger partial charge in [0.2, 0.25) is 11.8 Å². The van der Waals surface area contributed by atoms with E-state index < -0.39 is 0 Å². The highest BCUT2D eigenvalue weighted by atomic mass is 16.5. The first-order chi connectivity index (χ1) is 15.2. The summed E-state index contributed by atoms with van der Waals surface area (Å²) in [6.07, 6.45) is 5.66. The summed E-state index contributed by atoms with van der Waals surface area (Å²) in [4.78, 5) is 28.1. The molecule has 0 bridgehead atoms. The summed E-state index contributed by atoms with van der Waals surface area (Å²) < 4.78 is 5.82. The number of aryl methyl sites for hydroxylation is 1. The maximum absolute atomic E-state index is 12.6. The van der Waals surface area contributed by atoms with Gasteiger partial charge in [-0.2, -0.15) is 0 Å². The van der Waals surface area contributed by atoms with E-state index in [1.165, 1.54) is 0 Å². The number of benzene rings is 2. The van der Waals surface area contributed by atoms with Gasteiger partial charge in [-0.15, -0.1) is 0 Å². The van der Waals surface area contributed by atoms with Crippen molar-refractivity contribution < 1.29 is 14.3 Å². The molecule has 2 aromatic carbocycles. The number of carbonyl (C=O) groups is 2. The second kappa shape index (κ2) is 9.89. The molecular weight excluding hydrogens is 390 g/mol. The molecule has 0 aliphatic carbocycles. The van der Waals surface area contributed by atoms with Crippen LogP contribution >= 0.6 is 0 Å². The Morgan fingerprint density at radius 2 is 1.81 bits per heavy atom. The molecule has 0 fully saturated rings. The molecule has 0 spiro atoms. The van der Waals surface area contributed by atoms with E-state index in [1.54, 1.807) is 12.4 Å². The van der Waals surface area contributed by atoms with Crippen LogP contribution in [0.5, 0.6) is 5.75 Å². The minimum absolute atomic E-state index is 0.0255. The lowest BCUT2D eigenvalue weighted by atomic mass is 9.99. The van der Waals surface area contributed by atoms with Crippen molar-refractivity contribution >= 4 is 17.5 Å². The molecule has 1 unspecified atom stereocenters. The van der Waals surface area contributed by atoms with Crippen LogP contribution in [-0.2, 0) is 16.0 Å². The summed E-state index contributed by atoms with van der Waals surface area (Å²) in [5, 5.41) is 5.99. The SMILES string of the molecule is O=C1CCc2cc(OCCCC(=O)NC(c3ccccc3)c3ccncc3)ccc2N1. The van der Waals surface area contributed by atoms with Gasteiger partial charge >= 0.3 is 0 Å². The lowest BCUT2D eigenvalue weighted by Gasteiger charge is -2.20. The summed E-state index contributed by atoms with van der Waals surface area (Å²) >= 11 is 0. The molecule has 1 atom stereocenters. The number of carbonyl (C=O) groups excluding carboxylic acids is 2. The minimum atomic E-state index is -0.214. The van der Waals surface area contributed by atoms with Gasteiger partial charge in [-0.1, -0.05) is 30.3 Å². The number of hydrogen-bond donors (Lipinski definition) is 2. The molecule has 31 heavy (non-hydrogen) atoms. The number of anilines is 1. The summed E-state index contributed by atoms with van der Waals surface area (Å²) in [7, 11) is 0. The van der Waals surface area contributed by atoms with Crippen LogP contribution < -0.4 is 15.4 Å². The Labute approximate surface area is 181 Å². The number of hydrogen-bond acceptors (Lipinski definition) is 4. The third kappa shape index (κ3) is 5.48. The lowest BCUT2D eigenvalue weighted by molar-refractivity contribution is -0.121. The zero-order chi connectivity index (χ0) is 21.5. The molecule has 0 saturated carbocycles. The molecular formula is C25H25N3O3. The summed E-state index contributed by atoms with van der Waals surface area (Å²) in [6, 6.07) is 19.2. The van der Waals surface area contributed by atoms with Gasteiger partial charge in [0, 0.05) is 30.9 Å². The Bertz CT molecular complexity index is 999. The fourth-order valence-electron chi connectivity index (χ4n) is 3.67. The Morgan fingerprint density at radius 1 is 1.03 bits per heavy atom. The van der Waals surface area contributed by atoms with E-state index in [0.717, 1.165) is 34.5 Å². The van der Waals surface area contributed by atoms with Crippen LogP contribution in [0.3, 0.4) is 0 Å². The fourth-order valence-corrected chi connectivity index (χ4v) is 3.67. The number of rotatable bonds is 8. The summed E-state index contributed by atoms with van der Waals surface area (Å²) in [5.41, 5.74) is 3.95. The molecule has 0 radical (unpaired) electrons. The monoisotopic (exact) mass is 415 g/mol. The van der Waals surface area contributed by atoms with Crippen LogP contribution in [0.2, 0.25) is 0 Å². The number of aromatic nitrogens is 1. The van der Waals surface area contributed by atoms with Gasteiger partial charge in [0.25, 0.3) is 0 Å². The van der Waals surface area contributed by atoms with E-state index in [1.807, 2.05) is 60.7 Å². The molecule has 1 aliphatic heterocycles. The molecule has 2 N–H and O–H groups in total. The number of fused-ring (bicyclic) bond motifs is 1. The van der Waals surface area contributed by atoms with Crippen molar-refractivity contribution in [3.63, 3.8) is 0 Å². The van der Waals surface area contributed by atoms with Crippen molar-refractivity contribution in [2.45, 2.75) is 31.7 Å².